The molecule has 0 aliphatic rings. The summed E-state index contributed by atoms with van der Waals surface area (Å²) in [6.45, 7) is 7.12. The van der Waals surface area contributed by atoms with Crippen molar-refractivity contribution in [2.24, 2.45) is 0 Å². The lowest BCUT2D eigenvalue weighted by atomic mass is 10.4. The van der Waals surface area contributed by atoms with Crippen molar-refractivity contribution in [3.05, 3.63) is 24.3 Å². The van der Waals surface area contributed by atoms with Gasteiger partial charge in [0.05, 0.1) is 18.2 Å². The second-order valence-corrected chi connectivity index (χ2v) is 2.81. The lowest BCUT2D eigenvalue weighted by Crippen LogP contribution is -2.11. The van der Waals surface area contributed by atoms with Gasteiger partial charge in [0.15, 0.2) is 0 Å². The Hall–Kier alpha value is -1.09. The minimum atomic E-state index is 0.922. The summed E-state index contributed by atoms with van der Waals surface area (Å²) < 4.78 is 2.11. The first-order chi connectivity index (χ1) is 6.38. The molecular weight excluding hydrogens is 162 g/mol. The van der Waals surface area contributed by atoms with Crippen LogP contribution in [0, 0.1) is 0 Å². The predicted molar refractivity (Wildman–Crippen MR) is 55.5 cm³/mol. The summed E-state index contributed by atoms with van der Waals surface area (Å²) in [5.41, 5.74) is 1.17. The Bertz CT molecular complexity index is 263. The van der Waals surface area contributed by atoms with Crippen LogP contribution in [0.3, 0.4) is 0 Å². The van der Waals surface area contributed by atoms with E-state index in [0.717, 1.165) is 19.6 Å². The number of aryl methyl sites for hydroxylation is 1. The molecule has 1 rings (SSSR count). The van der Waals surface area contributed by atoms with Crippen LogP contribution in [-0.4, -0.2) is 22.6 Å². The Morgan fingerprint density at radius 3 is 3.08 bits per heavy atom. The number of hydrogen-bond donors (Lipinski definition) is 1. The first kappa shape index (κ1) is 9.99. The van der Waals surface area contributed by atoms with Crippen molar-refractivity contribution in [2.45, 2.75) is 20.4 Å². The fraction of sp³-hybridized carbons (Fsp3) is 0.500. The summed E-state index contributed by atoms with van der Waals surface area (Å²) in [5.74, 6) is 0. The quantitative estimate of drug-likeness (QED) is 0.695. The Kier molecular flexibility index (Phi) is 4.26. The second-order valence-electron chi connectivity index (χ2n) is 2.81. The molecule has 1 aromatic heterocycles. The Morgan fingerprint density at radius 1 is 1.54 bits per heavy atom. The molecule has 0 radical (unpaired) electrons. The van der Waals surface area contributed by atoms with Crippen LogP contribution in [0.2, 0.25) is 0 Å². The maximum Gasteiger partial charge on any atom is 0.0950 e. The molecule has 0 amide bonds. The Morgan fingerprint density at radius 2 is 2.38 bits per heavy atom. The molecule has 0 fully saturated rings. The largest absolute Gasteiger partial charge is 0.331 e. The lowest BCUT2D eigenvalue weighted by molar-refractivity contribution is 0.753. The van der Waals surface area contributed by atoms with Crippen LogP contribution in [0.4, 0.5) is 0 Å². The summed E-state index contributed by atoms with van der Waals surface area (Å²) >= 11 is 0. The average molecular weight is 179 g/mol. The van der Waals surface area contributed by atoms with Crippen molar-refractivity contribution in [2.75, 3.05) is 13.1 Å². The van der Waals surface area contributed by atoms with Crippen LogP contribution in [0.1, 0.15) is 19.5 Å². The molecule has 0 atom stereocenters. The van der Waals surface area contributed by atoms with Gasteiger partial charge in [-0.25, -0.2) is 4.98 Å². The van der Waals surface area contributed by atoms with Gasteiger partial charge in [-0.2, -0.15) is 0 Å². The van der Waals surface area contributed by atoms with Gasteiger partial charge in [-0.15, -0.1) is 0 Å². The molecule has 13 heavy (non-hydrogen) atoms. The van der Waals surface area contributed by atoms with E-state index in [9.17, 15) is 0 Å². The topological polar surface area (TPSA) is 29.9 Å². The number of imidazole rings is 1. The standard InChI is InChI=1S/C10H17N3/c1-3-11-7-5-6-10-8-12-9-13(10)4-2/h5-6,8-9,11H,3-4,7H2,1-2H3. The van der Waals surface area contributed by atoms with E-state index in [0.29, 0.717) is 0 Å². The molecule has 0 saturated carbocycles. The first-order valence-corrected chi connectivity index (χ1v) is 4.75. The van der Waals surface area contributed by atoms with E-state index in [2.05, 4.69) is 40.9 Å². The van der Waals surface area contributed by atoms with Crippen molar-refractivity contribution < 1.29 is 0 Å². The molecule has 0 spiro atoms. The minimum absolute atomic E-state index is 0.922. The average Bonchev–Trinajstić information content (AvgIpc) is 2.60. The zero-order chi connectivity index (χ0) is 9.52. The van der Waals surface area contributed by atoms with Gasteiger partial charge in [0, 0.05) is 13.1 Å². The summed E-state index contributed by atoms with van der Waals surface area (Å²) in [5, 5.41) is 3.23. The lowest BCUT2D eigenvalue weighted by Gasteiger charge is -1.99. The molecule has 0 aliphatic heterocycles. The number of nitrogens with zero attached hydrogens (tertiary/aromatic N) is 2. The van der Waals surface area contributed by atoms with Gasteiger partial charge in [-0.05, 0) is 19.5 Å². The van der Waals surface area contributed by atoms with Crippen molar-refractivity contribution in [3.8, 4) is 0 Å². The fourth-order valence-electron chi connectivity index (χ4n) is 1.14. The number of likely N-dealkylation sites (N-methyl/N-ethyl adjacent to an activating group) is 1. The molecule has 3 heteroatoms. The molecule has 0 unspecified atom stereocenters. The Labute approximate surface area is 79.5 Å². The van der Waals surface area contributed by atoms with Crippen LogP contribution in [-0.2, 0) is 6.54 Å². The normalized spacial score (nSPS) is 11.2. The van der Waals surface area contributed by atoms with Gasteiger partial charge in [-0.1, -0.05) is 13.0 Å². The van der Waals surface area contributed by atoms with E-state index in [1.807, 2.05) is 12.5 Å². The monoisotopic (exact) mass is 179 g/mol. The zero-order valence-corrected chi connectivity index (χ0v) is 8.33. The molecule has 1 N–H and O–H groups in total. The smallest absolute Gasteiger partial charge is 0.0950 e. The van der Waals surface area contributed by atoms with Crippen molar-refractivity contribution >= 4 is 6.08 Å². The molecule has 0 aliphatic carbocycles. The highest BCUT2D eigenvalue weighted by Crippen LogP contribution is 2.00. The number of aromatic nitrogens is 2. The molecule has 1 aromatic rings. The minimum Gasteiger partial charge on any atom is -0.331 e. The van der Waals surface area contributed by atoms with Crippen LogP contribution in [0.5, 0.6) is 0 Å². The maximum atomic E-state index is 4.08. The predicted octanol–water partition coefficient (Wildman–Crippen LogP) is 1.53. The summed E-state index contributed by atoms with van der Waals surface area (Å²) in [6.07, 6.45) is 7.95. The van der Waals surface area contributed by atoms with E-state index < -0.39 is 0 Å². The molecule has 0 bridgehead atoms. The van der Waals surface area contributed by atoms with E-state index in [4.69, 9.17) is 0 Å². The number of nitrogens with one attached hydrogen (secondary N) is 1. The molecule has 3 nitrogen and oxygen atoms in total. The first-order valence-electron chi connectivity index (χ1n) is 4.75. The van der Waals surface area contributed by atoms with Crippen molar-refractivity contribution in [1.82, 2.24) is 14.9 Å². The van der Waals surface area contributed by atoms with Gasteiger partial charge in [0.1, 0.15) is 0 Å². The molecule has 0 aromatic carbocycles. The SMILES string of the molecule is CCNCC=Cc1cncn1CC. The van der Waals surface area contributed by atoms with E-state index >= 15 is 0 Å². The summed E-state index contributed by atoms with van der Waals surface area (Å²) in [4.78, 5) is 4.08. The Balaban J connectivity index is 2.47. The highest BCUT2D eigenvalue weighted by Gasteiger charge is 1.93. The van der Waals surface area contributed by atoms with E-state index in [1.54, 1.807) is 0 Å². The highest BCUT2D eigenvalue weighted by molar-refractivity contribution is 5.43. The van der Waals surface area contributed by atoms with E-state index in [-0.39, 0.29) is 0 Å². The van der Waals surface area contributed by atoms with Gasteiger partial charge in [0.25, 0.3) is 0 Å². The van der Waals surface area contributed by atoms with Gasteiger partial charge < -0.3 is 9.88 Å². The van der Waals surface area contributed by atoms with Crippen LogP contribution in [0.25, 0.3) is 6.08 Å². The van der Waals surface area contributed by atoms with Crippen molar-refractivity contribution in [3.63, 3.8) is 0 Å². The summed E-state index contributed by atoms with van der Waals surface area (Å²) in [7, 11) is 0. The van der Waals surface area contributed by atoms with Crippen molar-refractivity contribution in [1.29, 1.82) is 0 Å². The van der Waals surface area contributed by atoms with Crippen LogP contribution < -0.4 is 5.32 Å². The second kappa shape index (κ2) is 5.54. The molecule has 72 valence electrons. The summed E-state index contributed by atoms with van der Waals surface area (Å²) in [6, 6.07) is 0. The number of rotatable bonds is 5. The van der Waals surface area contributed by atoms with Crippen LogP contribution >= 0.6 is 0 Å². The third-order valence-electron chi connectivity index (χ3n) is 1.89. The van der Waals surface area contributed by atoms with Gasteiger partial charge in [0.2, 0.25) is 0 Å². The number of hydrogen-bond acceptors (Lipinski definition) is 2. The highest BCUT2D eigenvalue weighted by atomic mass is 15.0. The zero-order valence-electron chi connectivity index (χ0n) is 8.33. The maximum absolute atomic E-state index is 4.08. The van der Waals surface area contributed by atoms with E-state index in [1.165, 1.54) is 5.69 Å². The van der Waals surface area contributed by atoms with Gasteiger partial charge in [-0.3, -0.25) is 0 Å². The molecule has 1 heterocycles. The van der Waals surface area contributed by atoms with Gasteiger partial charge >= 0.3 is 0 Å². The third-order valence-corrected chi connectivity index (χ3v) is 1.89. The molecule has 0 saturated heterocycles. The third kappa shape index (κ3) is 3.03. The van der Waals surface area contributed by atoms with Crippen LogP contribution in [0.15, 0.2) is 18.6 Å². The fourth-order valence-corrected chi connectivity index (χ4v) is 1.14. The molecular formula is C10H17N3.